The van der Waals surface area contributed by atoms with Gasteiger partial charge in [-0.25, -0.2) is 12.8 Å². The van der Waals surface area contributed by atoms with Gasteiger partial charge in [0.25, 0.3) is 10.0 Å². The first kappa shape index (κ1) is 12.3. The van der Waals surface area contributed by atoms with E-state index in [0.717, 1.165) is 24.4 Å². The first-order valence-electron chi connectivity index (χ1n) is 4.94. The molecule has 0 aliphatic heterocycles. The summed E-state index contributed by atoms with van der Waals surface area (Å²) in [6.45, 7) is 0. The van der Waals surface area contributed by atoms with E-state index < -0.39 is 21.4 Å². The van der Waals surface area contributed by atoms with E-state index in [9.17, 15) is 17.6 Å². The zero-order valence-electron chi connectivity index (χ0n) is 9.05. The van der Waals surface area contributed by atoms with Crippen LogP contribution in [0.5, 0.6) is 0 Å². The Hall–Kier alpha value is -2.15. The van der Waals surface area contributed by atoms with E-state index >= 15 is 0 Å². The zero-order valence-corrected chi connectivity index (χ0v) is 9.87. The summed E-state index contributed by atoms with van der Waals surface area (Å²) in [4.78, 5) is 13.0. The van der Waals surface area contributed by atoms with Gasteiger partial charge in [0.1, 0.15) is 10.7 Å². The molecule has 0 amide bonds. The maximum absolute atomic E-state index is 12.7. The number of H-pyrrole nitrogens is 1. The van der Waals surface area contributed by atoms with Crippen molar-refractivity contribution in [3.8, 4) is 0 Å². The maximum Gasteiger partial charge on any atom is 0.263 e. The van der Waals surface area contributed by atoms with Crippen LogP contribution in [0, 0.1) is 5.82 Å². The first-order chi connectivity index (χ1) is 8.47. The molecule has 0 bridgehead atoms. The van der Waals surface area contributed by atoms with Gasteiger partial charge in [-0.05, 0) is 30.3 Å². The summed E-state index contributed by atoms with van der Waals surface area (Å²) < 4.78 is 38.7. The number of nitrogens with one attached hydrogen (secondary N) is 2. The number of hydrogen-bond acceptors (Lipinski definition) is 3. The summed E-state index contributed by atoms with van der Waals surface area (Å²) in [5, 5.41) is 0. The third kappa shape index (κ3) is 2.75. The monoisotopic (exact) mass is 268 g/mol. The second-order valence-corrected chi connectivity index (χ2v) is 5.18. The Balaban J connectivity index is 2.29. The van der Waals surface area contributed by atoms with E-state index in [1.807, 2.05) is 0 Å². The fraction of sp³-hybridized carbons (Fsp3) is 0. The summed E-state index contributed by atoms with van der Waals surface area (Å²) in [7, 11) is -3.79. The average Bonchev–Trinajstić information content (AvgIpc) is 2.32. The van der Waals surface area contributed by atoms with Crippen LogP contribution in [0.15, 0.2) is 52.3 Å². The lowest BCUT2D eigenvalue weighted by Gasteiger charge is -2.07. The minimum Gasteiger partial charge on any atom is -0.328 e. The molecular weight excluding hydrogens is 259 g/mol. The lowest BCUT2D eigenvalue weighted by Crippen LogP contribution is -2.15. The SMILES string of the molecule is O=c1ccc(S(=O)(=O)Nc2ccc(F)cc2)c[nH]1. The number of sulfonamides is 1. The molecule has 18 heavy (non-hydrogen) atoms. The van der Waals surface area contributed by atoms with Crippen molar-refractivity contribution >= 4 is 15.7 Å². The molecule has 0 spiro atoms. The van der Waals surface area contributed by atoms with Crippen LogP contribution >= 0.6 is 0 Å². The van der Waals surface area contributed by atoms with Gasteiger partial charge in [0.15, 0.2) is 0 Å². The van der Waals surface area contributed by atoms with Gasteiger partial charge >= 0.3 is 0 Å². The number of hydrogen-bond donors (Lipinski definition) is 2. The molecule has 2 aromatic rings. The van der Waals surface area contributed by atoms with Crippen LogP contribution in [-0.2, 0) is 10.0 Å². The van der Waals surface area contributed by atoms with Gasteiger partial charge in [0.2, 0.25) is 5.56 Å². The van der Waals surface area contributed by atoms with Crippen molar-refractivity contribution in [1.82, 2.24) is 4.98 Å². The van der Waals surface area contributed by atoms with E-state index in [1.54, 1.807) is 0 Å². The van der Waals surface area contributed by atoms with Gasteiger partial charge in [0.05, 0.1) is 0 Å². The number of aromatic nitrogens is 1. The predicted octanol–water partition coefficient (Wildman–Crippen LogP) is 1.31. The van der Waals surface area contributed by atoms with E-state index in [2.05, 4.69) is 9.71 Å². The highest BCUT2D eigenvalue weighted by Gasteiger charge is 2.13. The number of benzene rings is 1. The standard InChI is InChI=1S/C11H9FN2O3S/c12-8-1-3-9(4-2-8)14-18(16,17)10-5-6-11(15)13-7-10/h1-7,14H,(H,13,15). The van der Waals surface area contributed by atoms with Crippen molar-refractivity contribution < 1.29 is 12.8 Å². The Morgan fingerprint density at radius 1 is 1.06 bits per heavy atom. The molecule has 0 saturated heterocycles. The largest absolute Gasteiger partial charge is 0.328 e. The molecule has 0 fully saturated rings. The van der Waals surface area contributed by atoms with Crippen molar-refractivity contribution in [2.75, 3.05) is 4.72 Å². The highest BCUT2D eigenvalue weighted by molar-refractivity contribution is 7.92. The summed E-state index contributed by atoms with van der Waals surface area (Å²) in [6, 6.07) is 7.19. The molecule has 0 aliphatic rings. The molecular formula is C11H9FN2O3S. The Morgan fingerprint density at radius 2 is 1.72 bits per heavy atom. The maximum atomic E-state index is 12.7. The summed E-state index contributed by atoms with van der Waals surface area (Å²) in [6.07, 6.45) is 1.09. The second kappa shape index (κ2) is 4.61. The number of rotatable bonds is 3. The molecule has 2 rings (SSSR count). The predicted molar refractivity (Wildman–Crippen MR) is 64.3 cm³/mol. The lowest BCUT2D eigenvalue weighted by atomic mass is 10.3. The van der Waals surface area contributed by atoms with Crippen molar-refractivity contribution in [1.29, 1.82) is 0 Å². The molecule has 0 saturated carbocycles. The average molecular weight is 268 g/mol. The Bertz CT molecular complexity index is 687. The molecule has 5 nitrogen and oxygen atoms in total. The van der Waals surface area contributed by atoms with Gasteiger partial charge in [-0.2, -0.15) is 0 Å². The highest BCUT2D eigenvalue weighted by Crippen LogP contribution is 2.14. The molecule has 0 aliphatic carbocycles. The fourth-order valence-electron chi connectivity index (χ4n) is 1.30. The number of aromatic amines is 1. The third-order valence-corrected chi connectivity index (χ3v) is 3.54. The molecule has 0 radical (unpaired) electrons. The first-order valence-corrected chi connectivity index (χ1v) is 6.43. The van der Waals surface area contributed by atoms with E-state index in [0.29, 0.717) is 0 Å². The van der Waals surface area contributed by atoms with Crippen LogP contribution in [0.4, 0.5) is 10.1 Å². The lowest BCUT2D eigenvalue weighted by molar-refractivity contribution is 0.600. The zero-order chi connectivity index (χ0) is 13.2. The van der Waals surface area contributed by atoms with Crippen LogP contribution in [-0.4, -0.2) is 13.4 Å². The number of pyridine rings is 1. The number of halogens is 1. The van der Waals surface area contributed by atoms with Crippen LogP contribution < -0.4 is 10.3 Å². The third-order valence-electron chi connectivity index (χ3n) is 2.16. The molecule has 1 aromatic carbocycles. The molecule has 94 valence electrons. The minimum absolute atomic E-state index is 0.0774. The molecule has 1 aromatic heterocycles. The Morgan fingerprint density at radius 3 is 2.28 bits per heavy atom. The minimum atomic E-state index is -3.79. The smallest absolute Gasteiger partial charge is 0.263 e. The van der Waals surface area contributed by atoms with Crippen LogP contribution in [0.25, 0.3) is 0 Å². The summed E-state index contributed by atoms with van der Waals surface area (Å²) in [5.74, 6) is -0.456. The highest BCUT2D eigenvalue weighted by atomic mass is 32.2. The van der Waals surface area contributed by atoms with Gasteiger partial charge in [0, 0.05) is 18.0 Å². The van der Waals surface area contributed by atoms with Crippen LogP contribution in [0.1, 0.15) is 0 Å². The van der Waals surface area contributed by atoms with Gasteiger partial charge in [-0.1, -0.05) is 0 Å². The quantitative estimate of drug-likeness (QED) is 0.881. The number of anilines is 1. The normalized spacial score (nSPS) is 11.2. The molecule has 7 heteroatoms. The van der Waals surface area contributed by atoms with E-state index in [4.69, 9.17) is 0 Å². The topological polar surface area (TPSA) is 79.0 Å². The summed E-state index contributed by atoms with van der Waals surface area (Å²) >= 11 is 0. The van der Waals surface area contributed by atoms with Gasteiger partial charge in [-0.15, -0.1) is 0 Å². The Kier molecular flexibility index (Phi) is 3.15. The van der Waals surface area contributed by atoms with Crippen molar-refractivity contribution in [2.45, 2.75) is 4.90 Å². The second-order valence-electron chi connectivity index (χ2n) is 3.50. The Labute approximate surface area is 102 Å². The van der Waals surface area contributed by atoms with Crippen LogP contribution in [0.3, 0.4) is 0 Å². The molecule has 0 atom stereocenters. The van der Waals surface area contributed by atoms with Crippen molar-refractivity contribution in [3.63, 3.8) is 0 Å². The van der Waals surface area contributed by atoms with Gasteiger partial charge in [-0.3, -0.25) is 9.52 Å². The van der Waals surface area contributed by atoms with Crippen LogP contribution in [0.2, 0.25) is 0 Å². The van der Waals surface area contributed by atoms with E-state index in [1.165, 1.54) is 18.2 Å². The molecule has 1 heterocycles. The van der Waals surface area contributed by atoms with Gasteiger partial charge < -0.3 is 4.98 Å². The summed E-state index contributed by atoms with van der Waals surface area (Å²) in [5.41, 5.74) is -0.154. The molecule has 0 unspecified atom stereocenters. The molecule has 2 N–H and O–H groups in total. The van der Waals surface area contributed by atoms with Crippen molar-refractivity contribution in [3.05, 3.63) is 58.8 Å². The van der Waals surface area contributed by atoms with E-state index in [-0.39, 0.29) is 10.6 Å². The van der Waals surface area contributed by atoms with Crippen molar-refractivity contribution in [2.24, 2.45) is 0 Å². The fourth-order valence-corrected chi connectivity index (χ4v) is 2.32.